The smallest absolute Gasteiger partial charge is 0.416 e. The van der Waals surface area contributed by atoms with E-state index in [0.717, 1.165) is 11.1 Å². The van der Waals surface area contributed by atoms with Crippen LogP contribution in [0.15, 0.2) is 60.7 Å². The van der Waals surface area contributed by atoms with Crippen molar-refractivity contribution in [3.63, 3.8) is 0 Å². The third-order valence-corrected chi connectivity index (χ3v) is 5.07. The van der Waals surface area contributed by atoms with E-state index in [2.05, 4.69) is 10.6 Å². The Labute approximate surface area is 191 Å². The molecule has 0 heterocycles. The second-order valence-corrected chi connectivity index (χ2v) is 8.05. The van der Waals surface area contributed by atoms with E-state index < -0.39 is 42.3 Å². The first kappa shape index (κ1) is 26.2. The average molecular weight is 467 g/mol. The average Bonchev–Trinajstić information content (AvgIpc) is 2.78. The Balaban J connectivity index is 2.03. The number of nitrogens with one attached hydrogen (secondary N) is 2. The quantitative estimate of drug-likeness (QED) is 0.494. The highest BCUT2D eigenvalue weighted by Crippen LogP contribution is 2.25. The van der Waals surface area contributed by atoms with Gasteiger partial charge in [0.25, 0.3) is 0 Å². The van der Waals surface area contributed by atoms with E-state index in [-0.39, 0.29) is 19.4 Å². The number of alkyl carbamates (subject to hydrolysis) is 1. The van der Waals surface area contributed by atoms with Gasteiger partial charge in [0, 0.05) is 0 Å². The van der Waals surface area contributed by atoms with Crippen molar-refractivity contribution in [2.24, 2.45) is 5.92 Å². The molecule has 0 aliphatic heterocycles. The summed E-state index contributed by atoms with van der Waals surface area (Å²) in [6, 6.07) is 15.0. The Bertz CT molecular complexity index is 876. The predicted molar refractivity (Wildman–Crippen MR) is 117 cm³/mol. The molecule has 2 aromatic rings. The molecule has 0 saturated carbocycles. The predicted octanol–water partition coefficient (Wildman–Crippen LogP) is 3.98. The standard InChI is InChI=1S/C24H29F3N2O4/c1-16(2)20(29-23(32)33-15-18-11-7-4-8-12-18)22(31)28-19(21(30)24(25,26)27)14-13-17-9-5-3-6-10-17/h3-12,16,19-21,30H,13-15H2,1-2H3,(H,28,31)(H,29,32)/t19-,20+,21-/m1/s1. The van der Waals surface area contributed by atoms with Crippen LogP contribution >= 0.6 is 0 Å². The molecule has 9 heteroatoms. The number of aliphatic hydroxyl groups is 1. The van der Waals surface area contributed by atoms with Gasteiger partial charge in [0.2, 0.25) is 5.91 Å². The Morgan fingerprint density at radius 3 is 2.00 bits per heavy atom. The first-order valence-electron chi connectivity index (χ1n) is 10.6. The van der Waals surface area contributed by atoms with Crippen molar-refractivity contribution in [2.75, 3.05) is 0 Å². The number of alkyl halides is 3. The van der Waals surface area contributed by atoms with E-state index in [4.69, 9.17) is 4.74 Å². The molecule has 0 spiro atoms. The molecule has 0 aliphatic carbocycles. The third kappa shape index (κ3) is 8.76. The SMILES string of the molecule is CC(C)[C@H](NC(=O)OCc1ccccc1)C(=O)N[C@H](CCc1ccccc1)[C@@H](O)C(F)(F)F. The molecule has 0 aromatic heterocycles. The number of aryl methyl sites for hydroxylation is 1. The van der Waals surface area contributed by atoms with Crippen LogP contribution in [0, 0.1) is 5.92 Å². The van der Waals surface area contributed by atoms with Crippen molar-refractivity contribution in [3.8, 4) is 0 Å². The minimum atomic E-state index is -4.91. The summed E-state index contributed by atoms with van der Waals surface area (Å²) in [5.74, 6) is -1.27. The fourth-order valence-electron chi connectivity index (χ4n) is 3.20. The molecule has 3 N–H and O–H groups in total. The zero-order valence-corrected chi connectivity index (χ0v) is 18.5. The van der Waals surface area contributed by atoms with Gasteiger partial charge in [-0.1, -0.05) is 74.5 Å². The van der Waals surface area contributed by atoms with Crippen molar-refractivity contribution in [1.82, 2.24) is 10.6 Å². The van der Waals surface area contributed by atoms with Crippen LogP contribution in [0.2, 0.25) is 0 Å². The van der Waals surface area contributed by atoms with Crippen LogP contribution in [-0.4, -0.2) is 41.5 Å². The molecule has 2 amide bonds. The summed E-state index contributed by atoms with van der Waals surface area (Å²) in [6.07, 6.45) is -8.45. The topological polar surface area (TPSA) is 87.7 Å². The largest absolute Gasteiger partial charge is 0.445 e. The number of hydrogen-bond acceptors (Lipinski definition) is 4. The first-order valence-corrected chi connectivity index (χ1v) is 10.6. The van der Waals surface area contributed by atoms with Crippen molar-refractivity contribution < 1.29 is 32.6 Å². The molecule has 0 fully saturated rings. The molecular weight excluding hydrogens is 437 g/mol. The number of halogens is 3. The maximum Gasteiger partial charge on any atom is 0.416 e. The van der Waals surface area contributed by atoms with Crippen molar-refractivity contribution in [3.05, 3.63) is 71.8 Å². The monoisotopic (exact) mass is 466 g/mol. The van der Waals surface area contributed by atoms with Gasteiger partial charge in [-0.05, 0) is 29.9 Å². The van der Waals surface area contributed by atoms with Crippen molar-refractivity contribution in [2.45, 2.75) is 57.7 Å². The number of aliphatic hydroxyl groups excluding tert-OH is 1. The highest BCUT2D eigenvalue weighted by atomic mass is 19.4. The van der Waals surface area contributed by atoms with Crippen LogP contribution in [0.5, 0.6) is 0 Å². The summed E-state index contributed by atoms with van der Waals surface area (Å²) in [4.78, 5) is 25.0. The molecule has 0 aliphatic rings. The van der Waals surface area contributed by atoms with E-state index in [1.54, 1.807) is 68.4 Å². The molecular formula is C24H29F3N2O4. The zero-order chi connectivity index (χ0) is 24.4. The molecule has 0 bridgehead atoms. The molecule has 33 heavy (non-hydrogen) atoms. The van der Waals surface area contributed by atoms with Crippen LogP contribution in [0.25, 0.3) is 0 Å². The maximum atomic E-state index is 13.2. The minimum Gasteiger partial charge on any atom is -0.445 e. The number of hydrogen-bond donors (Lipinski definition) is 3. The first-order chi connectivity index (χ1) is 15.6. The second-order valence-electron chi connectivity index (χ2n) is 8.05. The second kappa shape index (κ2) is 12.2. The van der Waals surface area contributed by atoms with E-state index in [1.807, 2.05) is 6.07 Å². The van der Waals surface area contributed by atoms with Crippen LogP contribution in [0.1, 0.15) is 31.4 Å². The molecule has 2 aromatic carbocycles. The number of ether oxygens (including phenoxy) is 1. The lowest BCUT2D eigenvalue weighted by Crippen LogP contribution is -2.56. The van der Waals surface area contributed by atoms with Gasteiger partial charge < -0.3 is 20.5 Å². The van der Waals surface area contributed by atoms with Gasteiger partial charge in [0.1, 0.15) is 12.6 Å². The Morgan fingerprint density at radius 2 is 1.48 bits per heavy atom. The van der Waals surface area contributed by atoms with Crippen LogP contribution in [0.4, 0.5) is 18.0 Å². The van der Waals surface area contributed by atoms with Crippen molar-refractivity contribution in [1.29, 1.82) is 0 Å². The molecule has 180 valence electrons. The van der Waals surface area contributed by atoms with Crippen LogP contribution < -0.4 is 10.6 Å². The van der Waals surface area contributed by atoms with E-state index >= 15 is 0 Å². The normalized spacial score (nSPS) is 14.3. The number of carbonyl (C=O) groups is 2. The highest BCUT2D eigenvalue weighted by Gasteiger charge is 2.44. The summed E-state index contributed by atoms with van der Waals surface area (Å²) < 4.78 is 44.8. The third-order valence-electron chi connectivity index (χ3n) is 5.07. The Kier molecular flexibility index (Phi) is 9.72. The fraction of sp³-hybridized carbons (Fsp3) is 0.417. The van der Waals surface area contributed by atoms with Gasteiger partial charge in [-0.3, -0.25) is 4.79 Å². The molecule has 3 atom stereocenters. The Hall–Kier alpha value is -3.07. The van der Waals surface area contributed by atoms with Gasteiger partial charge in [0.15, 0.2) is 6.10 Å². The highest BCUT2D eigenvalue weighted by molar-refractivity contribution is 5.86. The van der Waals surface area contributed by atoms with Crippen molar-refractivity contribution >= 4 is 12.0 Å². The van der Waals surface area contributed by atoms with Gasteiger partial charge in [-0.15, -0.1) is 0 Å². The van der Waals surface area contributed by atoms with Crippen LogP contribution in [0.3, 0.4) is 0 Å². The molecule has 6 nitrogen and oxygen atoms in total. The number of amides is 2. The van der Waals surface area contributed by atoms with E-state index in [1.165, 1.54) is 0 Å². The van der Waals surface area contributed by atoms with Gasteiger partial charge in [-0.25, -0.2) is 4.79 Å². The lowest BCUT2D eigenvalue weighted by Gasteiger charge is -2.29. The van der Waals surface area contributed by atoms with Crippen LogP contribution in [-0.2, 0) is 22.6 Å². The summed E-state index contributed by atoms with van der Waals surface area (Å²) in [5, 5.41) is 14.5. The molecule has 0 unspecified atom stereocenters. The van der Waals surface area contributed by atoms with E-state index in [9.17, 15) is 27.9 Å². The zero-order valence-electron chi connectivity index (χ0n) is 18.5. The summed E-state index contributed by atoms with van der Waals surface area (Å²) >= 11 is 0. The fourth-order valence-corrected chi connectivity index (χ4v) is 3.20. The lowest BCUT2D eigenvalue weighted by molar-refractivity contribution is -0.212. The maximum absolute atomic E-state index is 13.2. The molecule has 2 rings (SSSR count). The minimum absolute atomic E-state index is 0.0222. The Morgan fingerprint density at radius 1 is 0.939 bits per heavy atom. The number of carbonyl (C=O) groups excluding carboxylic acids is 2. The number of benzene rings is 2. The van der Waals surface area contributed by atoms with Gasteiger partial charge >= 0.3 is 12.3 Å². The molecule has 0 radical (unpaired) electrons. The lowest BCUT2D eigenvalue weighted by atomic mass is 9.98. The van der Waals surface area contributed by atoms with E-state index in [0.29, 0.717) is 0 Å². The molecule has 0 saturated heterocycles. The van der Waals surface area contributed by atoms with Gasteiger partial charge in [-0.2, -0.15) is 13.2 Å². The summed E-state index contributed by atoms with van der Waals surface area (Å²) in [6.45, 7) is 3.26. The number of rotatable bonds is 10. The van der Waals surface area contributed by atoms with Gasteiger partial charge in [0.05, 0.1) is 6.04 Å². The summed E-state index contributed by atoms with van der Waals surface area (Å²) in [7, 11) is 0. The summed E-state index contributed by atoms with van der Waals surface area (Å²) in [5.41, 5.74) is 1.52.